The van der Waals surface area contributed by atoms with Crippen molar-refractivity contribution < 1.29 is 9.53 Å². The summed E-state index contributed by atoms with van der Waals surface area (Å²) >= 11 is 0. The molecule has 1 aromatic carbocycles. The smallest absolute Gasteiger partial charge is 0.258 e. The Kier molecular flexibility index (Phi) is 5.91. The molecular weight excluding hydrogens is 292 g/mol. The van der Waals surface area contributed by atoms with Crippen LogP contribution in [0.15, 0.2) is 36.7 Å². The highest BCUT2D eigenvalue weighted by atomic mass is 16.5. The fourth-order valence-corrected chi connectivity index (χ4v) is 2.15. The number of hydrogen-bond acceptors (Lipinski definition) is 5. The minimum absolute atomic E-state index is 0.261. The molecule has 0 saturated heterocycles. The van der Waals surface area contributed by atoms with E-state index in [0.717, 1.165) is 13.1 Å². The Labute approximate surface area is 136 Å². The third-order valence-electron chi connectivity index (χ3n) is 3.38. The minimum Gasteiger partial charge on any atom is -0.492 e. The molecule has 0 bridgehead atoms. The van der Waals surface area contributed by atoms with E-state index in [4.69, 9.17) is 4.74 Å². The maximum atomic E-state index is 12.3. The van der Waals surface area contributed by atoms with Crippen LogP contribution in [-0.2, 0) is 0 Å². The third-order valence-corrected chi connectivity index (χ3v) is 3.38. The van der Waals surface area contributed by atoms with Crippen LogP contribution < -0.4 is 15.0 Å². The predicted octanol–water partition coefficient (Wildman–Crippen LogP) is 2.97. The first-order chi connectivity index (χ1) is 11.2. The van der Waals surface area contributed by atoms with Gasteiger partial charge in [0.25, 0.3) is 5.91 Å². The molecule has 0 spiro atoms. The first kappa shape index (κ1) is 16.7. The number of para-hydroxylation sites is 2. The highest BCUT2D eigenvalue weighted by Gasteiger charge is 2.12. The summed E-state index contributed by atoms with van der Waals surface area (Å²) in [6, 6.07) is 7.33. The van der Waals surface area contributed by atoms with Gasteiger partial charge in [0.15, 0.2) is 0 Å². The quantitative estimate of drug-likeness (QED) is 0.851. The van der Waals surface area contributed by atoms with E-state index in [-0.39, 0.29) is 5.91 Å². The number of anilines is 2. The molecule has 0 unspecified atom stereocenters. The second kappa shape index (κ2) is 8.12. The molecular formula is C17H22N4O2. The zero-order chi connectivity index (χ0) is 16.7. The SMILES string of the molecule is CCOc1ccccc1NC(=O)c1cnc(N(CC)CC)nc1. The molecule has 122 valence electrons. The summed E-state index contributed by atoms with van der Waals surface area (Å²) in [6.07, 6.45) is 3.08. The number of nitrogens with zero attached hydrogens (tertiary/aromatic N) is 3. The van der Waals surface area contributed by atoms with Gasteiger partial charge in [-0.1, -0.05) is 12.1 Å². The molecule has 1 aromatic heterocycles. The van der Waals surface area contributed by atoms with Crippen LogP contribution in [0.25, 0.3) is 0 Å². The number of ether oxygens (including phenoxy) is 1. The van der Waals surface area contributed by atoms with Gasteiger partial charge in [-0.25, -0.2) is 9.97 Å². The summed E-state index contributed by atoms with van der Waals surface area (Å²) in [4.78, 5) is 22.9. The number of hydrogen-bond donors (Lipinski definition) is 1. The van der Waals surface area contributed by atoms with E-state index in [1.54, 1.807) is 18.5 Å². The molecule has 6 heteroatoms. The molecule has 0 aliphatic rings. The van der Waals surface area contributed by atoms with Gasteiger partial charge in [0, 0.05) is 25.5 Å². The van der Waals surface area contributed by atoms with Crippen LogP contribution in [0.3, 0.4) is 0 Å². The van der Waals surface area contributed by atoms with E-state index < -0.39 is 0 Å². The van der Waals surface area contributed by atoms with E-state index in [1.165, 1.54) is 0 Å². The van der Waals surface area contributed by atoms with Gasteiger partial charge in [0.1, 0.15) is 5.75 Å². The van der Waals surface area contributed by atoms with Gasteiger partial charge in [-0.2, -0.15) is 0 Å². The third kappa shape index (κ3) is 4.18. The Bertz CT molecular complexity index is 639. The van der Waals surface area contributed by atoms with Crippen molar-refractivity contribution >= 4 is 17.5 Å². The summed E-state index contributed by atoms with van der Waals surface area (Å²) in [7, 11) is 0. The van der Waals surface area contributed by atoms with E-state index in [9.17, 15) is 4.79 Å². The Hall–Kier alpha value is -2.63. The van der Waals surface area contributed by atoms with E-state index in [0.29, 0.717) is 29.6 Å². The first-order valence-corrected chi connectivity index (χ1v) is 7.79. The second-order valence-corrected chi connectivity index (χ2v) is 4.83. The van der Waals surface area contributed by atoms with Crippen LogP contribution in [0, 0.1) is 0 Å². The van der Waals surface area contributed by atoms with Crippen LogP contribution in [0.5, 0.6) is 5.75 Å². The topological polar surface area (TPSA) is 67.3 Å². The highest BCUT2D eigenvalue weighted by Crippen LogP contribution is 2.24. The number of benzene rings is 1. The normalized spacial score (nSPS) is 10.2. The van der Waals surface area contributed by atoms with Gasteiger partial charge in [-0.15, -0.1) is 0 Å². The van der Waals surface area contributed by atoms with Crippen molar-refractivity contribution in [2.24, 2.45) is 0 Å². The molecule has 1 N–H and O–H groups in total. The van der Waals surface area contributed by atoms with Crippen molar-refractivity contribution in [1.82, 2.24) is 9.97 Å². The molecule has 0 saturated carbocycles. The van der Waals surface area contributed by atoms with Gasteiger partial charge in [0.2, 0.25) is 5.95 Å². The lowest BCUT2D eigenvalue weighted by Crippen LogP contribution is -2.24. The van der Waals surface area contributed by atoms with Crippen molar-refractivity contribution in [2.45, 2.75) is 20.8 Å². The standard InChI is InChI=1S/C17H22N4O2/c1-4-21(5-2)17-18-11-13(12-19-17)16(22)20-14-9-7-8-10-15(14)23-6-3/h7-12H,4-6H2,1-3H3,(H,20,22). The summed E-state index contributed by atoms with van der Waals surface area (Å²) in [6.45, 7) is 8.16. The lowest BCUT2D eigenvalue weighted by Gasteiger charge is -2.18. The van der Waals surface area contributed by atoms with Gasteiger partial charge < -0.3 is 15.0 Å². The molecule has 0 atom stereocenters. The summed E-state index contributed by atoms with van der Waals surface area (Å²) in [5.74, 6) is 1.01. The molecule has 0 aliphatic heterocycles. The minimum atomic E-state index is -0.261. The van der Waals surface area contributed by atoms with E-state index in [1.807, 2.05) is 43.9 Å². The summed E-state index contributed by atoms with van der Waals surface area (Å²) < 4.78 is 5.50. The molecule has 6 nitrogen and oxygen atoms in total. The maximum absolute atomic E-state index is 12.3. The molecule has 2 rings (SSSR count). The van der Waals surface area contributed by atoms with Gasteiger partial charge in [0.05, 0.1) is 17.9 Å². The van der Waals surface area contributed by atoms with Crippen molar-refractivity contribution in [2.75, 3.05) is 29.9 Å². The van der Waals surface area contributed by atoms with Crippen LogP contribution in [0.1, 0.15) is 31.1 Å². The second-order valence-electron chi connectivity index (χ2n) is 4.83. The van der Waals surface area contributed by atoms with Crippen LogP contribution in [0.2, 0.25) is 0 Å². The van der Waals surface area contributed by atoms with Gasteiger partial charge >= 0.3 is 0 Å². The van der Waals surface area contributed by atoms with Gasteiger partial charge in [-0.3, -0.25) is 4.79 Å². The fourth-order valence-electron chi connectivity index (χ4n) is 2.15. The lowest BCUT2D eigenvalue weighted by atomic mass is 10.2. The molecule has 1 heterocycles. The van der Waals surface area contributed by atoms with Gasteiger partial charge in [-0.05, 0) is 32.9 Å². The first-order valence-electron chi connectivity index (χ1n) is 7.79. The van der Waals surface area contributed by atoms with Crippen LogP contribution in [-0.4, -0.2) is 35.6 Å². The highest BCUT2D eigenvalue weighted by molar-refractivity contribution is 6.04. The lowest BCUT2D eigenvalue weighted by molar-refractivity contribution is 0.102. The van der Waals surface area contributed by atoms with Crippen molar-refractivity contribution in [1.29, 1.82) is 0 Å². The number of nitrogens with one attached hydrogen (secondary N) is 1. The van der Waals surface area contributed by atoms with Crippen LogP contribution >= 0.6 is 0 Å². The van der Waals surface area contributed by atoms with E-state index in [2.05, 4.69) is 15.3 Å². The summed E-state index contributed by atoms with van der Waals surface area (Å²) in [5.41, 5.74) is 1.04. The van der Waals surface area contributed by atoms with Crippen molar-refractivity contribution in [3.05, 3.63) is 42.2 Å². The summed E-state index contributed by atoms with van der Waals surface area (Å²) in [5, 5.41) is 2.83. The zero-order valence-electron chi connectivity index (χ0n) is 13.7. The average molecular weight is 314 g/mol. The molecule has 1 amide bonds. The number of rotatable bonds is 7. The largest absolute Gasteiger partial charge is 0.492 e. The van der Waals surface area contributed by atoms with Crippen molar-refractivity contribution in [3.8, 4) is 5.75 Å². The molecule has 0 aliphatic carbocycles. The number of carbonyl (C=O) groups excluding carboxylic acids is 1. The number of amides is 1. The molecule has 0 fully saturated rings. The van der Waals surface area contributed by atoms with E-state index >= 15 is 0 Å². The predicted molar refractivity (Wildman–Crippen MR) is 91.2 cm³/mol. The molecule has 23 heavy (non-hydrogen) atoms. The number of aromatic nitrogens is 2. The Morgan fingerprint density at radius 2 is 1.78 bits per heavy atom. The monoisotopic (exact) mass is 314 g/mol. The Morgan fingerprint density at radius 3 is 2.39 bits per heavy atom. The maximum Gasteiger partial charge on any atom is 0.258 e. The van der Waals surface area contributed by atoms with Crippen LogP contribution in [0.4, 0.5) is 11.6 Å². The Morgan fingerprint density at radius 1 is 1.13 bits per heavy atom. The number of carbonyl (C=O) groups is 1. The fraction of sp³-hybridized carbons (Fsp3) is 0.353. The molecule has 2 aromatic rings. The zero-order valence-corrected chi connectivity index (χ0v) is 13.7. The Balaban J connectivity index is 2.12. The van der Waals surface area contributed by atoms with Crippen molar-refractivity contribution in [3.63, 3.8) is 0 Å². The molecule has 0 radical (unpaired) electrons. The average Bonchev–Trinajstić information content (AvgIpc) is 2.58.